The fourth-order valence-electron chi connectivity index (χ4n) is 3.89. The molecule has 2 heterocycles. The van der Waals surface area contributed by atoms with Crippen molar-refractivity contribution in [3.63, 3.8) is 0 Å². The SMILES string of the molecule is C#CCn1c(=NC(=O)CS(=O)(=O)CC(=O)N2CCc3ccccc32)sc2cc(C(=O)OC)ccc21. The van der Waals surface area contributed by atoms with E-state index in [0.29, 0.717) is 34.4 Å². The van der Waals surface area contributed by atoms with Gasteiger partial charge in [-0.05, 0) is 36.2 Å². The number of sulfone groups is 1. The van der Waals surface area contributed by atoms with Crippen LogP contribution in [0, 0.1) is 12.3 Å². The average molecular weight is 512 g/mol. The summed E-state index contributed by atoms with van der Waals surface area (Å²) in [4.78, 5) is 42.7. The van der Waals surface area contributed by atoms with Crippen LogP contribution >= 0.6 is 11.3 Å². The van der Waals surface area contributed by atoms with Crippen molar-refractivity contribution in [2.45, 2.75) is 13.0 Å². The van der Waals surface area contributed by atoms with Crippen LogP contribution in [0.4, 0.5) is 5.69 Å². The summed E-state index contributed by atoms with van der Waals surface area (Å²) in [6.07, 6.45) is 6.10. The molecule has 11 heteroatoms. The molecule has 35 heavy (non-hydrogen) atoms. The first kappa shape index (κ1) is 24.4. The molecule has 1 aliphatic rings. The molecule has 0 saturated heterocycles. The number of carbonyl (C=O) groups is 3. The number of methoxy groups -OCH3 is 1. The number of nitrogens with zero attached hydrogens (tertiary/aromatic N) is 3. The Bertz CT molecular complexity index is 1560. The van der Waals surface area contributed by atoms with Gasteiger partial charge in [0.1, 0.15) is 11.5 Å². The zero-order chi connectivity index (χ0) is 25.2. The van der Waals surface area contributed by atoms with Crippen LogP contribution in [0.15, 0.2) is 47.5 Å². The number of aromatic nitrogens is 1. The second kappa shape index (κ2) is 9.85. The minimum absolute atomic E-state index is 0.0866. The van der Waals surface area contributed by atoms with Crippen molar-refractivity contribution in [1.29, 1.82) is 0 Å². The third kappa shape index (κ3) is 5.18. The number of hydrogen-bond donors (Lipinski definition) is 0. The van der Waals surface area contributed by atoms with E-state index < -0.39 is 39.1 Å². The van der Waals surface area contributed by atoms with Crippen LogP contribution < -0.4 is 9.70 Å². The summed E-state index contributed by atoms with van der Waals surface area (Å²) in [6, 6.07) is 12.1. The van der Waals surface area contributed by atoms with Gasteiger partial charge in [0.15, 0.2) is 14.6 Å². The van der Waals surface area contributed by atoms with Crippen molar-refractivity contribution in [2.24, 2.45) is 4.99 Å². The molecule has 0 saturated carbocycles. The molecule has 3 aromatic rings. The Hall–Kier alpha value is -3.75. The van der Waals surface area contributed by atoms with E-state index in [9.17, 15) is 22.8 Å². The van der Waals surface area contributed by atoms with Gasteiger partial charge in [-0.2, -0.15) is 4.99 Å². The fraction of sp³-hybridized carbons (Fsp3) is 0.250. The van der Waals surface area contributed by atoms with Crippen LogP contribution in [0.3, 0.4) is 0 Å². The highest BCUT2D eigenvalue weighted by Gasteiger charge is 2.29. The van der Waals surface area contributed by atoms with Crippen molar-refractivity contribution >= 4 is 54.9 Å². The van der Waals surface area contributed by atoms with Gasteiger partial charge in [-0.25, -0.2) is 13.2 Å². The van der Waals surface area contributed by atoms with Gasteiger partial charge in [0.2, 0.25) is 5.91 Å². The Balaban J connectivity index is 1.56. The highest BCUT2D eigenvalue weighted by atomic mass is 32.2. The van der Waals surface area contributed by atoms with E-state index in [1.54, 1.807) is 34.9 Å². The number of esters is 1. The molecule has 0 unspecified atom stereocenters. The number of terminal acetylenes is 1. The maximum atomic E-state index is 12.7. The van der Waals surface area contributed by atoms with E-state index in [2.05, 4.69) is 10.9 Å². The summed E-state index contributed by atoms with van der Waals surface area (Å²) in [6.45, 7) is 0.483. The minimum Gasteiger partial charge on any atom is -0.465 e. The largest absolute Gasteiger partial charge is 0.465 e. The number of fused-ring (bicyclic) bond motifs is 2. The molecule has 0 N–H and O–H groups in total. The molecule has 2 amide bonds. The zero-order valence-corrected chi connectivity index (χ0v) is 20.4. The van der Waals surface area contributed by atoms with Crippen molar-refractivity contribution in [2.75, 3.05) is 30.1 Å². The molecule has 0 fully saturated rings. The summed E-state index contributed by atoms with van der Waals surface area (Å²) in [5.41, 5.74) is 2.62. The quantitative estimate of drug-likeness (QED) is 0.366. The monoisotopic (exact) mass is 511 g/mol. The second-order valence-corrected chi connectivity index (χ2v) is 10.9. The predicted molar refractivity (Wildman–Crippen MR) is 132 cm³/mol. The van der Waals surface area contributed by atoms with Crippen LogP contribution in [0.25, 0.3) is 10.2 Å². The molecular formula is C24H21N3O6S2. The van der Waals surface area contributed by atoms with Gasteiger partial charge in [-0.15, -0.1) is 6.42 Å². The van der Waals surface area contributed by atoms with Gasteiger partial charge >= 0.3 is 5.97 Å². The lowest BCUT2D eigenvalue weighted by Crippen LogP contribution is -2.36. The van der Waals surface area contributed by atoms with E-state index >= 15 is 0 Å². The molecule has 0 spiro atoms. The molecular weight excluding hydrogens is 490 g/mol. The maximum Gasteiger partial charge on any atom is 0.337 e. The third-order valence-electron chi connectivity index (χ3n) is 5.45. The molecule has 0 radical (unpaired) electrons. The number of ether oxygens (including phenoxy) is 1. The van der Waals surface area contributed by atoms with E-state index in [1.165, 1.54) is 12.0 Å². The molecule has 0 atom stereocenters. The topological polar surface area (TPSA) is 115 Å². The summed E-state index contributed by atoms with van der Waals surface area (Å²) in [5, 5.41) is 0. The van der Waals surface area contributed by atoms with Gasteiger partial charge in [0.25, 0.3) is 5.91 Å². The van der Waals surface area contributed by atoms with Crippen LogP contribution in [-0.2, 0) is 37.1 Å². The van der Waals surface area contributed by atoms with Gasteiger partial charge in [0.05, 0.1) is 29.4 Å². The number of hydrogen-bond acceptors (Lipinski definition) is 7. The lowest BCUT2D eigenvalue weighted by Gasteiger charge is -2.17. The Morgan fingerprint density at radius 3 is 2.69 bits per heavy atom. The van der Waals surface area contributed by atoms with Crippen molar-refractivity contribution in [3.8, 4) is 12.3 Å². The van der Waals surface area contributed by atoms with Crippen LogP contribution in [0.2, 0.25) is 0 Å². The summed E-state index contributed by atoms with van der Waals surface area (Å²) in [7, 11) is -2.79. The molecule has 1 aromatic heterocycles. The van der Waals surface area contributed by atoms with Crippen LogP contribution in [-0.4, -0.2) is 55.9 Å². The highest BCUT2D eigenvalue weighted by Crippen LogP contribution is 2.27. The highest BCUT2D eigenvalue weighted by molar-refractivity contribution is 7.92. The number of para-hydroxylation sites is 1. The molecule has 180 valence electrons. The van der Waals surface area contributed by atoms with Gasteiger partial charge < -0.3 is 14.2 Å². The zero-order valence-electron chi connectivity index (χ0n) is 18.8. The first-order valence-corrected chi connectivity index (χ1v) is 13.2. The summed E-state index contributed by atoms with van der Waals surface area (Å²) < 4.78 is 32.2. The van der Waals surface area contributed by atoms with Crippen molar-refractivity contribution in [1.82, 2.24) is 4.57 Å². The molecule has 0 bridgehead atoms. The average Bonchev–Trinajstić information content (AvgIpc) is 3.39. The number of rotatable bonds is 6. The molecule has 4 rings (SSSR count). The first-order valence-electron chi connectivity index (χ1n) is 10.5. The Morgan fingerprint density at radius 2 is 1.94 bits per heavy atom. The first-order chi connectivity index (χ1) is 16.7. The van der Waals surface area contributed by atoms with Gasteiger partial charge in [-0.1, -0.05) is 35.5 Å². The standard InChI is InChI=1S/C24H21N3O6S2/c1-3-11-27-19-9-8-17(23(30)33-2)13-20(19)34-24(27)25-21(28)14-35(31,32)15-22(29)26-12-10-16-6-4-5-7-18(16)26/h1,4-9,13H,10-12,14-15H2,2H3. The van der Waals surface area contributed by atoms with Gasteiger partial charge in [-0.3, -0.25) is 9.59 Å². The molecule has 0 aliphatic carbocycles. The predicted octanol–water partition coefficient (Wildman–Crippen LogP) is 1.55. The molecule has 1 aliphatic heterocycles. The number of carbonyl (C=O) groups excluding carboxylic acids is 3. The number of anilines is 1. The molecule has 2 aromatic carbocycles. The number of benzene rings is 2. The third-order valence-corrected chi connectivity index (χ3v) is 7.86. The lowest BCUT2D eigenvalue weighted by molar-refractivity contribution is -0.116. The van der Waals surface area contributed by atoms with E-state index in [1.807, 2.05) is 12.1 Å². The number of amides is 2. The Kier molecular flexibility index (Phi) is 6.86. The van der Waals surface area contributed by atoms with E-state index in [4.69, 9.17) is 11.2 Å². The Morgan fingerprint density at radius 1 is 1.17 bits per heavy atom. The Labute approximate surface area is 205 Å². The maximum absolute atomic E-state index is 12.7. The van der Waals surface area contributed by atoms with Crippen LogP contribution in [0.5, 0.6) is 0 Å². The summed E-state index contributed by atoms with van der Waals surface area (Å²) in [5.74, 6) is -1.24. The van der Waals surface area contributed by atoms with Crippen LogP contribution in [0.1, 0.15) is 15.9 Å². The van der Waals surface area contributed by atoms with E-state index in [-0.39, 0.29) is 11.3 Å². The second-order valence-electron chi connectivity index (χ2n) is 7.81. The molecule has 9 nitrogen and oxygen atoms in total. The van der Waals surface area contributed by atoms with Gasteiger partial charge in [0, 0.05) is 12.2 Å². The van der Waals surface area contributed by atoms with E-state index in [0.717, 1.165) is 16.9 Å². The fourth-order valence-corrected chi connectivity index (χ4v) is 6.05. The lowest BCUT2D eigenvalue weighted by atomic mass is 10.2. The normalized spacial score (nSPS) is 13.5. The smallest absolute Gasteiger partial charge is 0.337 e. The van der Waals surface area contributed by atoms with Crippen molar-refractivity contribution < 1.29 is 27.5 Å². The number of thiazole rings is 1. The van der Waals surface area contributed by atoms with Crippen molar-refractivity contribution in [3.05, 3.63) is 58.4 Å². The summed E-state index contributed by atoms with van der Waals surface area (Å²) >= 11 is 1.09. The minimum atomic E-state index is -4.06.